The molecule has 6 N–H and O–H groups in total. The fraction of sp³-hybridized carbons (Fsp3) is 0.632. The molecule has 0 radical (unpaired) electrons. The van der Waals surface area contributed by atoms with E-state index in [0.29, 0.717) is 36.5 Å². The van der Waals surface area contributed by atoms with Crippen LogP contribution in [0.5, 0.6) is 34.5 Å². The van der Waals surface area contributed by atoms with Crippen molar-refractivity contribution in [2.75, 3.05) is 39.6 Å². The Balaban J connectivity index is 1.71. The highest BCUT2D eigenvalue weighted by Crippen LogP contribution is 2.42. The lowest BCUT2D eigenvalue weighted by Gasteiger charge is -2.25. The van der Waals surface area contributed by atoms with Gasteiger partial charge in [0.25, 0.3) is 0 Å². The largest absolute Gasteiger partial charge is 0.507 e. The van der Waals surface area contributed by atoms with Crippen molar-refractivity contribution in [2.45, 2.75) is 196 Å². The van der Waals surface area contributed by atoms with Gasteiger partial charge < -0.3 is 73.3 Å². The van der Waals surface area contributed by atoms with Crippen LogP contribution < -0.4 is 14.2 Å². The average molecular weight is 1050 g/mol. The number of benzene rings is 3. The van der Waals surface area contributed by atoms with Crippen LogP contribution in [-0.2, 0) is 28.4 Å². The number of aliphatic hydroxyl groups is 3. The van der Waals surface area contributed by atoms with Crippen molar-refractivity contribution < 1.29 is 73.3 Å². The van der Waals surface area contributed by atoms with E-state index in [2.05, 4.69) is 20.8 Å². The number of hydrogen-bond acceptors (Lipinski definition) is 18. The fourth-order valence-corrected chi connectivity index (χ4v) is 8.15. The quantitative estimate of drug-likeness (QED) is 0.0232. The molecule has 18 heteroatoms. The second-order valence-corrected chi connectivity index (χ2v) is 18.9. The first-order valence-corrected chi connectivity index (χ1v) is 26.9. The molecule has 0 saturated carbocycles. The van der Waals surface area contributed by atoms with Crippen LogP contribution in [0.3, 0.4) is 0 Å². The van der Waals surface area contributed by atoms with E-state index in [0.717, 1.165) is 57.8 Å². The molecule has 0 amide bonds. The van der Waals surface area contributed by atoms with Gasteiger partial charge in [0.05, 0.1) is 54.8 Å². The molecule has 0 aliphatic rings. The molecule has 4 rings (SSSR count). The number of aliphatic hydroxyl groups excluding tert-OH is 3. The molecule has 1 heterocycles. The first kappa shape index (κ1) is 62.6. The normalized spacial score (nSPS) is 15.4. The Morgan fingerprint density at radius 1 is 0.400 bits per heavy atom. The van der Waals surface area contributed by atoms with Crippen LogP contribution in [0, 0.1) is 20.8 Å². The molecule has 0 spiro atoms. The van der Waals surface area contributed by atoms with Crippen LogP contribution in [0.4, 0.5) is 0 Å². The Bertz CT molecular complexity index is 2060. The zero-order valence-corrected chi connectivity index (χ0v) is 46.5. The summed E-state index contributed by atoms with van der Waals surface area (Å²) in [5.41, 5.74) is 1.46. The number of rotatable bonds is 36. The second-order valence-electron chi connectivity index (χ2n) is 18.9. The summed E-state index contributed by atoms with van der Waals surface area (Å²) in [4.78, 5) is 14.3. The van der Waals surface area contributed by atoms with Gasteiger partial charge in [0.15, 0.2) is 36.3 Å². The van der Waals surface area contributed by atoms with Crippen molar-refractivity contribution in [1.82, 2.24) is 15.0 Å². The van der Waals surface area contributed by atoms with Gasteiger partial charge in [-0.3, -0.25) is 0 Å². The van der Waals surface area contributed by atoms with Gasteiger partial charge in [-0.15, -0.1) is 0 Å². The van der Waals surface area contributed by atoms with Gasteiger partial charge in [0.1, 0.15) is 52.8 Å². The van der Waals surface area contributed by atoms with Crippen LogP contribution in [0.15, 0.2) is 36.4 Å². The maximum absolute atomic E-state index is 11.8. The fourth-order valence-electron chi connectivity index (χ4n) is 8.15. The molecular weight excluding hydrogens is 967 g/mol. The number of unbranched alkanes of at least 4 members (excludes halogenated alkanes) is 3. The van der Waals surface area contributed by atoms with E-state index in [-0.39, 0.29) is 107 Å². The number of ether oxygens (including phenoxy) is 9. The van der Waals surface area contributed by atoms with E-state index in [1.165, 1.54) is 0 Å². The third-order valence-electron chi connectivity index (χ3n) is 12.8. The summed E-state index contributed by atoms with van der Waals surface area (Å²) in [6.45, 7) is 24.1. The smallest absolute Gasteiger partial charge is 0.191 e. The summed E-state index contributed by atoms with van der Waals surface area (Å²) in [5.74, 6) is 0.0647. The number of hydrogen-bond donors (Lipinski definition) is 6. The van der Waals surface area contributed by atoms with Crippen molar-refractivity contribution >= 4 is 0 Å². The Labute approximate surface area is 444 Å². The number of phenols is 3. The van der Waals surface area contributed by atoms with Crippen LogP contribution in [-0.4, -0.2) is 141 Å². The Morgan fingerprint density at radius 3 is 0.880 bits per heavy atom. The highest BCUT2D eigenvalue weighted by molar-refractivity contribution is 5.77. The molecule has 9 atom stereocenters. The number of phenolic OH excluding ortho intramolecular Hbond substituents is 3. The van der Waals surface area contributed by atoms with Crippen molar-refractivity contribution in [1.29, 1.82) is 0 Å². The summed E-state index contributed by atoms with van der Waals surface area (Å²) in [7, 11) is 0. The third-order valence-corrected chi connectivity index (χ3v) is 12.8. The highest BCUT2D eigenvalue weighted by Gasteiger charge is 2.27. The standard InChI is InChI=1S/C57H87N3O15/c1-13-19-22-40(67-16-4)31-70-55(64)37(10)73-46-28-25-43(49(61)34(46)7)52-58-53(44-26-29-47(35(8)50(44)62)74-38(11)56(65)71-32-41(68-17-5)23-20-14-2)60-54(59-52)45-27-30-48(36(9)51(45)63)75-39(12)57(66)72-33-42(69-18-6)24-21-15-3/h25-30,37-42,55-57,61-66H,13-24,31-33H2,1-12H3. The molecule has 4 aromatic rings. The number of nitrogens with zero attached hydrogens (tertiary/aromatic N) is 3. The van der Waals surface area contributed by atoms with E-state index >= 15 is 0 Å². The number of aromatic nitrogens is 3. The molecule has 420 valence electrons. The van der Waals surface area contributed by atoms with Gasteiger partial charge in [-0.2, -0.15) is 0 Å². The molecule has 0 aliphatic heterocycles. The van der Waals surface area contributed by atoms with Gasteiger partial charge in [0, 0.05) is 36.5 Å². The van der Waals surface area contributed by atoms with Crippen LogP contribution in [0.2, 0.25) is 0 Å². The van der Waals surface area contributed by atoms with Gasteiger partial charge in [-0.1, -0.05) is 59.3 Å². The zero-order valence-electron chi connectivity index (χ0n) is 46.5. The Morgan fingerprint density at radius 2 is 0.653 bits per heavy atom. The number of aromatic hydroxyl groups is 3. The maximum atomic E-state index is 11.8. The summed E-state index contributed by atoms with van der Waals surface area (Å²) in [6, 6.07) is 9.53. The summed E-state index contributed by atoms with van der Waals surface area (Å²) in [5, 5.41) is 68.2. The molecule has 3 aromatic carbocycles. The monoisotopic (exact) mass is 1050 g/mol. The molecule has 1 aromatic heterocycles. The van der Waals surface area contributed by atoms with E-state index in [1.54, 1.807) is 77.9 Å². The van der Waals surface area contributed by atoms with Gasteiger partial charge in [-0.25, -0.2) is 15.0 Å². The van der Waals surface area contributed by atoms with Gasteiger partial charge >= 0.3 is 0 Å². The van der Waals surface area contributed by atoms with E-state index in [4.69, 9.17) is 57.6 Å². The summed E-state index contributed by atoms with van der Waals surface area (Å²) >= 11 is 0. The van der Waals surface area contributed by atoms with E-state index in [1.807, 2.05) is 20.8 Å². The van der Waals surface area contributed by atoms with Crippen LogP contribution in [0.1, 0.15) is 137 Å². The molecule has 18 nitrogen and oxygen atoms in total. The third kappa shape index (κ3) is 18.4. The molecule has 0 bridgehead atoms. The van der Waals surface area contributed by atoms with Crippen molar-refractivity contribution in [3.05, 3.63) is 53.1 Å². The lowest BCUT2D eigenvalue weighted by molar-refractivity contribution is -0.169. The second kappa shape index (κ2) is 32.0. The molecule has 75 heavy (non-hydrogen) atoms. The average Bonchev–Trinajstić information content (AvgIpc) is 3.39. The summed E-state index contributed by atoms with van der Waals surface area (Å²) in [6.07, 6.45) is 1.39. The predicted octanol–water partition coefficient (Wildman–Crippen LogP) is 10.0. The van der Waals surface area contributed by atoms with Gasteiger partial charge in [-0.05, 0) is 118 Å². The van der Waals surface area contributed by atoms with Crippen molar-refractivity contribution in [2.24, 2.45) is 0 Å². The Kier molecular flexibility index (Phi) is 26.7. The minimum atomic E-state index is -1.30. The zero-order chi connectivity index (χ0) is 55.2. The van der Waals surface area contributed by atoms with Gasteiger partial charge in [0.2, 0.25) is 0 Å². The first-order valence-electron chi connectivity index (χ1n) is 26.9. The maximum Gasteiger partial charge on any atom is 0.191 e. The minimum absolute atomic E-state index is 0.0151. The first-order chi connectivity index (χ1) is 35.9. The lowest BCUT2D eigenvalue weighted by atomic mass is 10.0. The van der Waals surface area contributed by atoms with Crippen molar-refractivity contribution in [3.63, 3.8) is 0 Å². The summed E-state index contributed by atoms with van der Waals surface area (Å²) < 4.78 is 53.0. The molecule has 0 saturated heterocycles. The predicted molar refractivity (Wildman–Crippen MR) is 286 cm³/mol. The van der Waals surface area contributed by atoms with Crippen LogP contribution in [0.25, 0.3) is 34.2 Å². The van der Waals surface area contributed by atoms with Crippen LogP contribution >= 0.6 is 0 Å². The molecular formula is C57H87N3O15. The molecule has 9 unspecified atom stereocenters. The SMILES string of the molecule is CCCCC(COC(O)C(C)Oc1ccc(-c2nc(-c3ccc(OC(C)C(O)OCC(CCCC)OCC)c(C)c3O)nc(-c3ccc(OC(C)C(O)OCC(CCCC)OCC)c(C)c3O)n2)c(O)c1C)OCC. The highest BCUT2D eigenvalue weighted by atomic mass is 16.7. The van der Waals surface area contributed by atoms with Crippen molar-refractivity contribution in [3.8, 4) is 68.7 Å². The van der Waals surface area contributed by atoms with E-state index < -0.39 is 37.2 Å². The lowest BCUT2D eigenvalue weighted by Crippen LogP contribution is -2.34. The topological polar surface area (TPSA) is 243 Å². The van der Waals surface area contributed by atoms with E-state index in [9.17, 15) is 30.6 Å². The molecule has 0 fully saturated rings. The minimum Gasteiger partial charge on any atom is -0.507 e. The Hall–Kier alpha value is -4.89. The molecule has 0 aliphatic carbocycles.